The van der Waals surface area contributed by atoms with Gasteiger partial charge in [-0.25, -0.2) is 4.79 Å². The molecule has 0 atom stereocenters. The van der Waals surface area contributed by atoms with Crippen molar-refractivity contribution in [3.05, 3.63) is 45.4 Å². The van der Waals surface area contributed by atoms with Gasteiger partial charge in [-0.3, -0.25) is 0 Å². The third kappa shape index (κ3) is 2.96. The molecule has 0 bridgehead atoms. The van der Waals surface area contributed by atoms with Gasteiger partial charge in [-0.15, -0.1) is 0 Å². The molecule has 1 heterocycles. The highest BCUT2D eigenvalue weighted by Crippen LogP contribution is 2.23. The fourth-order valence-electron chi connectivity index (χ4n) is 1.21. The first-order chi connectivity index (χ1) is 8.16. The van der Waals surface area contributed by atoms with Crippen LogP contribution in [0.5, 0.6) is 5.75 Å². The van der Waals surface area contributed by atoms with Gasteiger partial charge in [-0.2, -0.15) is 0 Å². The monoisotopic (exact) mass is 345 g/mol. The summed E-state index contributed by atoms with van der Waals surface area (Å²) < 4.78 is 11.2. The highest BCUT2D eigenvalue weighted by molar-refractivity contribution is 14.1. The largest absolute Gasteiger partial charge is 0.484 e. The molecule has 0 aliphatic heterocycles. The van der Waals surface area contributed by atoms with E-state index < -0.39 is 5.97 Å². The quantitative estimate of drug-likeness (QED) is 0.863. The molecule has 0 aliphatic carbocycles. The van der Waals surface area contributed by atoms with E-state index in [1.54, 1.807) is 12.1 Å². The number of aromatic carboxylic acids is 1. The molecule has 0 radical (unpaired) electrons. The Hall–Kier alpha value is -1.57. The molecular formula is C11H8INO4. The highest BCUT2D eigenvalue weighted by atomic mass is 127. The van der Waals surface area contributed by atoms with Gasteiger partial charge in [-0.05, 0) is 40.8 Å². The van der Waals surface area contributed by atoms with E-state index in [2.05, 4.69) is 27.7 Å². The standard InChI is InChI=1S/C11H8INO4/c12-9-2-1-7(11(14)15)5-10(9)16-6-8-3-4-13-17-8/h1-5H,6H2,(H,14,15). The van der Waals surface area contributed by atoms with Crippen molar-refractivity contribution in [2.24, 2.45) is 0 Å². The fourth-order valence-corrected chi connectivity index (χ4v) is 1.70. The summed E-state index contributed by atoms with van der Waals surface area (Å²) in [7, 11) is 0. The normalized spacial score (nSPS) is 10.2. The number of carboxylic acid groups (broad SMARTS) is 1. The van der Waals surface area contributed by atoms with Crippen LogP contribution in [0.2, 0.25) is 0 Å². The Morgan fingerprint density at radius 2 is 2.29 bits per heavy atom. The maximum Gasteiger partial charge on any atom is 0.335 e. The summed E-state index contributed by atoms with van der Waals surface area (Å²) in [6.45, 7) is 0.221. The summed E-state index contributed by atoms with van der Waals surface area (Å²) in [4.78, 5) is 10.8. The van der Waals surface area contributed by atoms with Crippen molar-refractivity contribution < 1.29 is 19.2 Å². The van der Waals surface area contributed by atoms with Crippen LogP contribution in [0.3, 0.4) is 0 Å². The maximum atomic E-state index is 10.8. The molecule has 0 amide bonds. The average molecular weight is 345 g/mol. The van der Waals surface area contributed by atoms with Crippen molar-refractivity contribution in [1.82, 2.24) is 5.16 Å². The number of rotatable bonds is 4. The lowest BCUT2D eigenvalue weighted by molar-refractivity contribution is 0.0696. The molecule has 2 aromatic rings. The molecule has 0 unspecified atom stereocenters. The van der Waals surface area contributed by atoms with Crippen LogP contribution in [-0.4, -0.2) is 16.2 Å². The van der Waals surface area contributed by atoms with Gasteiger partial charge >= 0.3 is 5.97 Å². The van der Waals surface area contributed by atoms with Crippen LogP contribution < -0.4 is 4.74 Å². The Morgan fingerprint density at radius 1 is 1.47 bits per heavy atom. The van der Waals surface area contributed by atoms with Gasteiger partial charge in [0, 0.05) is 6.07 Å². The van der Waals surface area contributed by atoms with Crippen molar-refractivity contribution in [1.29, 1.82) is 0 Å². The van der Waals surface area contributed by atoms with Crippen LogP contribution in [0.4, 0.5) is 0 Å². The maximum absolute atomic E-state index is 10.8. The second-order valence-electron chi connectivity index (χ2n) is 3.22. The van der Waals surface area contributed by atoms with Gasteiger partial charge in [0.15, 0.2) is 5.76 Å². The summed E-state index contributed by atoms with van der Waals surface area (Å²) in [6, 6.07) is 6.40. The number of ether oxygens (including phenoxy) is 1. The number of aromatic nitrogens is 1. The molecule has 6 heteroatoms. The first kappa shape index (κ1) is 11.9. The molecule has 88 valence electrons. The van der Waals surface area contributed by atoms with E-state index >= 15 is 0 Å². The second kappa shape index (κ2) is 5.17. The molecule has 17 heavy (non-hydrogen) atoms. The number of carbonyl (C=O) groups is 1. The van der Waals surface area contributed by atoms with Crippen molar-refractivity contribution in [2.75, 3.05) is 0 Å². The van der Waals surface area contributed by atoms with E-state index in [0.29, 0.717) is 11.5 Å². The summed E-state index contributed by atoms with van der Waals surface area (Å²) in [6.07, 6.45) is 1.53. The van der Waals surface area contributed by atoms with Crippen LogP contribution in [0.15, 0.2) is 35.0 Å². The van der Waals surface area contributed by atoms with E-state index in [-0.39, 0.29) is 12.2 Å². The van der Waals surface area contributed by atoms with Gasteiger partial charge in [-0.1, -0.05) is 5.16 Å². The molecule has 0 aliphatic rings. The predicted molar refractivity (Wildman–Crippen MR) is 67.0 cm³/mol. The number of hydrogen-bond acceptors (Lipinski definition) is 4. The van der Waals surface area contributed by atoms with E-state index in [9.17, 15) is 4.79 Å². The molecule has 0 fully saturated rings. The summed E-state index contributed by atoms with van der Waals surface area (Å²) in [5, 5.41) is 12.4. The van der Waals surface area contributed by atoms with E-state index in [1.807, 2.05) is 0 Å². The summed E-state index contributed by atoms with van der Waals surface area (Å²) in [5.41, 5.74) is 0.193. The molecule has 1 aromatic heterocycles. The Balaban J connectivity index is 2.14. The minimum absolute atomic E-state index is 0.193. The van der Waals surface area contributed by atoms with Crippen molar-refractivity contribution in [3.63, 3.8) is 0 Å². The average Bonchev–Trinajstić information content (AvgIpc) is 2.80. The van der Waals surface area contributed by atoms with Gasteiger partial charge in [0.25, 0.3) is 0 Å². The van der Waals surface area contributed by atoms with Gasteiger partial charge in [0.2, 0.25) is 0 Å². The van der Waals surface area contributed by atoms with Crippen molar-refractivity contribution >= 4 is 28.6 Å². The summed E-state index contributed by atoms with van der Waals surface area (Å²) in [5.74, 6) is 0.120. The topological polar surface area (TPSA) is 72.6 Å². The molecule has 2 rings (SSSR count). The zero-order valence-corrected chi connectivity index (χ0v) is 10.7. The lowest BCUT2D eigenvalue weighted by atomic mass is 10.2. The van der Waals surface area contributed by atoms with Gasteiger partial charge < -0.3 is 14.4 Å². The predicted octanol–water partition coefficient (Wildman–Crippen LogP) is 2.56. The number of hydrogen-bond donors (Lipinski definition) is 1. The van der Waals surface area contributed by atoms with Crippen LogP contribution in [-0.2, 0) is 6.61 Å². The molecule has 5 nitrogen and oxygen atoms in total. The zero-order valence-electron chi connectivity index (χ0n) is 8.59. The first-order valence-electron chi connectivity index (χ1n) is 4.72. The van der Waals surface area contributed by atoms with Crippen LogP contribution in [0.25, 0.3) is 0 Å². The Kier molecular flexibility index (Phi) is 3.62. The number of benzene rings is 1. The second-order valence-corrected chi connectivity index (χ2v) is 4.38. The Labute approximate surface area is 111 Å². The van der Waals surface area contributed by atoms with Crippen LogP contribution >= 0.6 is 22.6 Å². The molecule has 0 spiro atoms. The molecule has 1 N–H and O–H groups in total. The van der Waals surface area contributed by atoms with E-state index in [4.69, 9.17) is 14.4 Å². The van der Waals surface area contributed by atoms with E-state index in [1.165, 1.54) is 18.3 Å². The Bertz CT molecular complexity index is 524. The number of halogens is 1. The third-order valence-corrected chi connectivity index (χ3v) is 2.93. The zero-order chi connectivity index (χ0) is 12.3. The number of nitrogens with zero attached hydrogens (tertiary/aromatic N) is 1. The minimum atomic E-state index is -0.981. The highest BCUT2D eigenvalue weighted by Gasteiger charge is 2.08. The molecular weight excluding hydrogens is 337 g/mol. The minimum Gasteiger partial charge on any atom is -0.484 e. The van der Waals surface area contributed by atoms with Crippen LogP contribution in [0, 0.1) is 3.57 Å². The third-order valence-electron chi connectivity index (χ3n) is 2.04. The van der Waals surface area contributed by atoms with Crippen LogP contribution in [0.1, 0.15) is 16.1 Å². The Morgan fingerprint density at radius 3 is 2.94 bits per heavy atom. The van der Waals surface area contributed by atoms with Gasteiger partial charge in [0.05, 0.1) is 15.3 Å². The fraction of sp³-hybridized carbons (Fsp3) is 0.0909. The smallest absolute Gasteiger partial charge is 0.335 e. The lowest BCUT2D eigenvalue weighted by Crippen LogP contribution is -2.00. The van der Waals surface area contributed by atoms with Gasteiger partial charge in [0.1, 0.15) is 12.4 Å². The molecule has 1 aromatic carbocycles. The first-order valence-corrected chi connectivity index (χ1v) is 5.80. The number of carboxylic acids is 1. The SMILES string of the molecule is O=C(O)c1ccc(I)c(OCc2ccno2)c1. The molecule has 0 saturated heterocycles. The van der Waals surface area contributed by atoms with E-state index in [0.717, 1.165) is 3.57 Å². The lowest BCUT2D eigenvalue weighted by Gasteiger charge is -2.07. The summed E-state index contributed by atoms with van der Waals surface area (Å²) >= 11 is 2.08. The molecule has 0 saturated carbocycles. The van der Waals surface area contributed by atoms with Crippen molar-refractivity contribution in [2.45, 2.75) is 6.61 Å². The van der Waals surface area contributed by atoms with Crippen molar-refractivity contribution in [3.8, 4) is 5.75 Å².